The Morgan fingerprint density at radius 3 is 2.41 bits per heavy atom. The van der Waals surface area contributed by atoms with E-state index in [2.05, 4.69) is 10.3 Å². The van der Waals surface area contributed by atoms with E-state index in [1.54, 1.807) is 60.7 Å². The highest BCUT2D eigenvalue weighted by atomic mass is 35.5. The van der Waals surface area contributed by atoms with Gasteiger partial charge in [-0.1, -0.05) is 23.7 Å². The van der Waals surface area contributed by atoms with Gasteiger partial charge in [0.2, 0.25) is 12.2 Å². The van der Waals surface area contributed by atoms with Crippen LogP contribution in [0, 0.1) is 11.3 Å². The zero-order valence-corrected chi connectivity index (χ0v) is 18.8. The second-order valence-electron chi connectivity index (χ2n) is 7.43. The van der Waals surface area contributed by atoms with Gasteiger partial charge in [-0.05, 0) is 48.0 Å². The van der Waals surface area contributed by atoms with E-state index in [9.17, 15) is 9.59 Å². The Hall–Kier alpha value is -4.33. The molecule has 2 aromatic carbocycles. The third-order valence-electron chi connectivity index (χ3n) is 5.10. The van der Waals surface area contributed by atoms with Crippen molar-refractivity contribution in [3.63, 3.8) is 0 Å². The lowest BCUT2D eigenvalue weighted by molar-refractivity contribution is 0.0438. The number of amides is 4. The number of nitriles is 1. The van der Waals surface area contributed by atoms with Crippen LogP contribution in [0.3, 0.4) is 0 Å². The molecule has 2 heterocycles. The fourth-order valence-corrected chi connectivity index (χ4v) is 3.42. The largest absolute Gasteiger partial charge is 0.439 e. The number of hydrogen-bond donors (Lipinski definition) is 2. The first-order valence-electron chi connectivity index (χ1n) is 10.1. The SMILES string of the molecule is CN1C(=O)N(N)C(Nc2ccc(Oc3ccc(C#N)cn3)cc2)N(Cc2ccc(Cl)cc2)C1=O. The molecule has 0 spiro atoms. The summed E-state index contributed by atoms with van der Waals surface area (Å²) in [6.07, 6.45) is 0.489. The number of benzene rings is 2. The highest BCUT2D eigenvalue weighted by molar-refractivity contribution is 6.30. The van der Waals surface area contributed by atoms with Crippen molar-refractivity contribution in [3.8, 4) is 17.7 Å². The van der Waals surface area contributed by atoms with Crippen LogP contribution in [0.2, 0.25) is 5.02 Å². The van der Waals surface area contributed by atoms with Gasteiger partial charge in [0.25, 0.3) is 0 Å². The van der Waals surface area contributed by atoms with E-state index in [1.165, 1.54) is 18.1 Å². The van der Waals surface area contributed by atoms with Gasteiger partial charge in [0.1, 0.15) is 11.8 Å². The van der Waals surface area contributed by atoms with Gasteiger partial charge in [-0.15, -0.1) is 0 Å². The van der Waals surface area contributed by atoms with E-state index in [0.717, 1.165) is 15.5 Å². The van der Waals surface area contributed by atoms with Crippen molar-refractivity contribution in [1.82, 2.24) is 19.8 Å². The Kier molecular flexibility index (Phi) is 6.49. The molecule has 34 heavy (non-hydrogen) atoms. The van der Waals surface area contributed by atoms with Gasteiger partial charge in [0.15, 0.2) is 0 Å². The molecule has 3 aromatic rings. The van der Waals surface area contributed by atoms with Crippen LogP contribution in [0.1, 0.15) is 11.1 Å². The predicted octanol–water partition coefficient (Wildman–Crippen LogP) is 3.96. The Balaban J connectivity index is 1.51. The second-order valence-corrected chi connectivity index (χ2v) is 7.86. The van der Waals surface area contributed by atoms with Crippen molar-refractivity contribution in [2.75, 3.05) is 12.4 Å². The topological polar surface area (TPSA) is 128 Å². The minimum atomic E-state index is -0.932. The molecule has 1 saturated heterocycles. The first kappa shape index (κ1) is 22.8. The fourth-order valence-electron chi connectivity index (χ4n) is 3.29. The van der Waals surface area contributed by atoms with Gasteiger partial charge in [0, 0.05) is 30.0 Å². The molecule has 0 radical (unpaired) electrons. The van der Waals surface area contributed by atoms with Gasteiger partial charge >= 0.3 is 12.1 Å². The number of ether oxygens (including phenoxy) is 1. The number of rotatable bonds is 6. The molecule has 1 atom stereocenters. The zero-order chi connectivity index (χ0) is 24.2. The molecule has 1 aliphatic heterocycles. The molecular weight excluding hydrogens is 458 g/mol. The third kappa shape index (κ3) is 4.85. The number of carbonyl (C=O) groups excluding carboxylic acids is 2. The Bertz CT molecular complexity index is 1230. The molecule has 0 aliphatic carbocycles. The summed E-state index contributed by atoms with van der Waals surface area (Å²) in [6.45, 7) is 0.199. The summed E-state index contributed by atoms with van der Waals surface area (Å²) < 4.78 is 5.68. The summed E-state index contributed by atoms with van der Waals surface area (Å²) in [5.41, 5.74) is 1.86. The van der Waals surface area contributed by atoms with Crippen molar-refractivity contribution in [2.45, 2.75) is 12.8 Å². The van der Waals surface area contributed by atoms with Gasteiger partial charge in [-0.2, -0.15) is 5.26 Å². The summed E-state index contributed by atoms with van der Waals surface area (Å²) in [5.74, 6) is 6.91. The lowest BCUT2D eigenvalue weighted by atomic mass is 10.2. The number of urea groups is 2. The molecule has 1 aliphatic rings. The first-order chi connectivity index (χ1) is 16.4. The number of carbonyl (C=O) groups is 2. The average Bonchev–Trinajstić information content (AvgIpc) is 2.86. The van der Waals surface area contributed by atoms with E-state index in [4.69, 9.17) is 27.4 Å². The highest BCUT2D eigenvalue weighted by Gasteiger charge is 2.41. The molecule has 1 unspecified atom stereocenters. The molecule has 4 amide bonds. The number of imide groups is 1. The summed E-state index contributed by atoms with van der Waals surface area (Å²) in [5, 5.41) is 13.5. The van der Waals surface area contributed by atoms with Crippen molar-refractivity contribution < 1.29 is 14.3 Å². The van der Waals surface area contributed by atoms with Gasteiger partial charge in [0.05, 0.1) is 12.1 Å². The maximum Gasteiger partial charge on any atom is 0.345 e. The van der Waals surface area contributed by atoms with Crippen LogP contribution < -0.4 is 15.9 Å². The molecule has 10 nitrogen and oxygen atoms in total. The number of halogens is 1. The molecule has 1 fully saturated rings. The van der Waals surface area contributed by atoms with E-state index < -0.39 is 18.4 Å². The van der Waals surface area contributed by atoms with Gasteiger partial charge in [-0.3, -0.25) is 4.90 Å². The number of nitrogens with one attached hydrogen (secondary N) is 1. The summed E-state index contributed by atoms with van der Waals surface area (Å²) in [4.78, 5) is 31.8. The van der Waals surface area contributed by atoms with Crippen LogP contribution >= 0.6 is 11.6 Å². The van der Waals surface area contributed by atoms with Crippen LogP contribution in [0.5, 0.6) is 11.6 Å². The number of aromatic nitrogens is 1. The molecule has 172 valence electrons. The highest BCUT2D eigenvalue weighted by Crippen LogP contribution is 2.25. The van der Waals surface area contributed by atoms with Gasteiger partial charge < -0.3 is 10.1 Å². The van der Waals surface area contributed by atoms with Crippen LogP contribution in [-0.2, 0) is 6.54 Å². The van der Waals surface area contributed by atoms with Crippen LogP contribution in [0.4, 0.5) is 15.3 Å². The number of nitrogens with two attached hydrogens (primary N) is 1. The summed E-state index contributed by atoms with van der Waals surface area (Å²) >= 11 is 5.96. The van der Waals surface area contributed by atoms with Crippen LogP contribution in [0.15, 0.2) is 66.9 Å². The van der Waals surface area contributed by atoms with Crippen molar-refractivity contribution in [3.05, 3.63) is 83.0 Å². The summed E-state index contributed by atoms with van der Waals surface area (Å²) in [7, 11) is 1.37. The van der Waals surface area contributed by atoms with E-state index in [0.29, 0.717) is 27.9 Å². The standard InChI is InChI=1S/C23H20ClN7O3/c1-29-22(32)30(14-15-2-5-17(24)6-3-15)21(31(26)23(29)33)28-18-7-9-19(10-8-18)34-20-11-4-16(12-25)13-27-20/h2-11,13,21,28H,14,26H2,1H3. The quantitative estimate of drug-likeness (QED) is 0.406. The number of hydrazine groups is 1. The number of nitrogens with zero attached hydrogens (tertiary/aromatic N) is 5. The number of pyridine rings is 1. The lowest BCUT2D eigenvalue weighted by Gasteiger charge is -2.44. The molecule has 3 N–H and O–H groups in total. The molecular formula is C23H20ClN7O3. The van der Waals surface area contributed by atoms with E-state index >= 15 is 0 Å². The minimum Gasteiger partial charge on any atom is -0.439 e. The van der Waals surface area contributed by atoms with Crippen LogP contribution in [0.25, 0.3) is 0 Å². The predicted molar refractivity (Wildman–Crippen MR) is 124 cm³/mol. The van der Waals surface area contributed by atoms with Crippen molar-refractivity contribution in [2.24, 2.45) is 5.84 Å². The molecule has 4 rings (SSSR count). The normalized spacial score (nSPS) is 15.8. The molecule has 0 saturated carbocycles. The first-order valence-corrected chi connectivity index (χ1v) is 10.5. The van der Waals surface area contributed by atoms with E-state index in [-0.39, 0.29) is 6.54 Å². The average molecular weight is 478 g/mol. The lowest BCUT2D eigenvalue weighted by Crippen LogP contribution is -2.69. The second kappa shape index (κ2) is 9.66. The zero-order valence-electron chi connectivity index (χ0n) is 18.1. The minimum absolute atomic E-state index is 0.199. The maximum atomic E-state index is 12.9. The fraction of sp³-hybridized carbons (Fsp3) is 0.130. The van der Waals surface area contributed by atoms with Crippen molar-refractivity contribution in [1.29, 1.82) is 5.26 Å². The summed E-state index contributed by atoms with van der Waals surface area (Å²) in [6, 6.07) is 18.0. The molecule has 11 heteroatoms. The molecule has 1 aromatic heterocycles. The number of hydrogen-bond acceptors (Lipinski definition) is 7. The Morgan fingerprint density at radius 2 is 1.79 bits per heavy atom. The number of anilines is 1. The van der Waals surface area contributed by atoms with Crippen molar-refractivity contribution >= 4 is 29.4 Å². The van der Waals surface area contributed by atoms with Gasteiger partial charge in [-0.25, -0.2) is 30.3 Å². The monoisotopic (exact) mass is 477 g/mol. The smallest absolute Gasteiger partial charge is 0.345 e. The Labute approximate surface area is 200 Å². The van der Waals surface area contributed by atoms with Crippen LogP contribution in [-0.4, -0.2) is 45.2 Å². The Morgan fingerprint density at radius 1 is 1.09 bits per heavy atom. The maximum absolute atomic E-state index is 12.9. The molecule has 0 bridgehead atoms. The van der Waals surface area contributed by atoms with E-state index in [1.807, 2.05) is 6.07 Å². The third-order valence-corrected chi connectivity index (χ3v) is 5.36.